The first-order chi connectivity index (χ1) is 3.79. The van der Waals surface area contributed by atoms with Gasteiger partial charge in [-0.15, -0.1) is 0 Å². The van der Waals surface area contributed by atoms with Crippen LogP contribution < -0.4 is 34.7 Å². The fraction of sp³-hybridized carbons (Fsp3) is 0.800. The zero-order valence-electron chi connectivity index (χ0n) is 5.59. The smallest absolute Gasteiger partial charge is 0.549 e. The third kappa shape index (κ3) is 3.20. The van der Waals surface area contributed by atoms with Crippen LogP contribution in [0.15, 0.2) is 0 Å². The van der Waals surface area contributed by atoms with Gasteiger partial charge in [0.2, 0.25) is 0 Å². The fourth-order valence-electron chi connectivity index (χ4n) is 0.722. The van der Waals surface area contributed by atoms with Gasteiger partial charge >= 0.3 is 29.6 Å². The zero-order valence-corrected chi connectivity index (χ0v) is 7.59. The van der Waals surface area contributed by atoms with Crippen molar-refractivity contribution in [3.05, 3.63) is 0 Å². The Hall–Kier alpha value is 0.430. The minimum absolute atomic E-state index is 0. The molecule has 1 heterocycles. The van der Waals surface area contributed by atoms with Crippen LogP contribution in [0.1, 0.15) is 6.42 Å². The molecule has 0 spiro atoms. The van der Waals surface area contributed by atoms with E-state index in [9.17, 15) is 9.90 Å². The zero-order chi connectivity index (χ0) is 5.98. The van der Waals surface area contributed by atoms with Gasteiger partial charge < -0.3 is 9.90 Å². The van der Waals surface area contributed by atoms with Crippen LogP contribution in [0.4, 0.5) is 0 Å². The molecule has 0 atom stereocenters. The number of aliphatic carboxylic acids is 1. The molecule has 0 bridgehead atoms. The number of carbonyl (C=O) groups is 1. The van der Waals surface area contributed by atoms with Gasteiger partial charge in [0.15, 0.2) is 0 Å². The van der Waals surface area contributed by atoms with E-state index in [1.807, 2.05) is 4.90 Å². The van der Waals surface area contributed by atoms with E-state index >= 15 is 0 Å². The van der Waals surface area contributed by atoms with E-state index < -0.39 is 5.97 Å². The molecule has 9 heavy (non-hydrogen) atoms. The fourth-order valence-corrected chi connectivity index (χ4v) is 0.722. The number of rotatable bonds is 2. The molecular weight excluding hydrogens is 129 g/mol. The van der Waals surface area contributed by atoms with E-state index in [4.69, 9.17) is 0 Å². The van der Waals surface area contributed by atoms with Gasteiger partial charge in [-0.3, -0.25) is 4.90 Å². The van der Waals surface area contributed by atoms with Crippen molar-refractivity contribution in [2.24, 2.45) is 0 Å². The van der Waals surface area contributed by atoms with Gasteiger partial charge in [-0.1, -0.05) is 0 Å². The van der Waals surface area contributed by atoms with Crippen LogP contribution in [-0.4, -0.2) is 30.5 Å². The van der Waals surface area contributed by atoms with E-state index in [1.165, 1.54) is 0 Å². The molecule has 4 heteroatoms. The molecule has 1 fully saturated rings. The number of carbonyl (C=O) groups excluding carboxylic acids is 1. The third-order valence-corrected chi connectivity index (χ3v) is 1.30. The van der Waals surface area contributed by atoms with Crippen molar-refractivity contribution >= 4 is 5.97 Å². The van der Waals surface area contributed by atoms with Crippen molar-refractivity contribution in [3.8, 4) is 0 Å². The maximum atomic E-state index is 9.85. The predicted octanol–water partition coefficient (Wildman–Crippen LogP) is -4.55. The standard InChI is InChI=1S/C5H9NO2.Na/c7-5(8)4-6-2-1-3-6;/h1-4H2,(H,7,8);/q;+1/p-1. The van der Waals surface area contributed by atoms with E-state index in [0.717, 1.165) is 19.5 Å². The Morgan fingerprint density at radius 2 is 2.11 bits per heavy atom. The van der Waals surface area contributed by atoms with Crippen molar-refractivity contribution in [1.29, 1.82) is 0 Å². The molecule has 3 nitrogen and oxygen atoms in total. The van der Waals surface area contributed by atoms with Crippen LogP contribution in [0, 0.1) is 0 Å². The number of carboxylic acids is 1. The van der Waals surface area contributed by atoms with Crippen molar-refractivity contribution in [2.75, 3.05) is 19.6 Å². The largest absolute Gasteiger partial charge is 1.00 e. The van der Waals surface area contributed by atoms with Crippen LogP contribution >= 0.6 is 0 Å². The van der Waals surface area contributed by atoms with Crippen LogP contribution in [0.3, 0.4) is 0 Å². The Kier molecular flexibility index (Phi) is 4.48. The topological polar surface area (TPSA) is 43.4 Å². The first-order valence-corrected chi connectivity index (χ1v) is 2.71. The minimum atomic E-state index is -0.968. The number of hydrogen-bond donors (Lipinski definition) is 0. The quantitative estimate of drug-likeness (QED) is 0.360. The Labute approximate surface area is 76.3 Å². The molecule has 46 valence electrons. The molecule has 0 N–H and O–H groups in total. The maximum Gasteiger partial charge on any atom is 1.00 e. The molecule has 0 aromatic carbocycles. The summed E-state index contributed by atoms with van der Waals surface area (Å²) in [5, 5.41) is 9.85. The van der Waals surface area contributed by atoms with Crippen molar-refractivity contribution < 1.29 is 39.5 Å². The number of carboxylic acid groups (broad SMARTS) is 1. The Bertz CT molecular complexity index is 103. The number of hydrogen-bond acceptors (Lipinski definition) is 3. The summed E-state index contributed by atoms with van der Waals surface area (Å²) in [7, 11) is 0. The van der Waals surface area contributed by atoms with Gasteiger partial charge in [0.05, 0.1) is 5.97 Å². The van der Waals surface area contributed by atoms with Crippen LogP contribution in [0.2, 0.25) is 0 Å². The monoisotopic (exact) mass is 137 g/mol. The predicted molar refractivity (Wildman–Crippen MR) is 26.1 cm³/mol. The Morgan fingerprint density at radius 3 is 2.22 bits per heavy atom. The van der Waals surface area contributed by atoms with E-state index in [1.54, 1.807) is 0 Å². The summed E-state index contributed by atoms with van der Waals surface area (Å²) < 4.78 is 0. The molecule has 1 aliphatic heterocycles. The first-order valence-electron chi connectivity index (χ1n) is 2.71. The Morgan fingerprint density at radius 1 is 1.56 bits per heavy atom. The van der Waals surface area contributed by atoms with Gasteiger partial charge in [0, 0.05) is 6.54 Å². The number of nitrogens with zero attached hydrogens (tertiary/aromatic N) is 1. The van der Waals surface area contributed by atoms with Gasteiger partial charge in [-0.2, -0.15) is 0 Å². The SMILES string of the molecule is O=C([O-])CN1CCC1.[Na+]. The molecule has 1 rings (SSSR count). The second-order valence-corrected chi connectivity index (χ2v) is 2.00. The summed E-state index contributed by atoms with van der Waals surface area (Å²) in [5.74, 6) is -0.968. The van der Waals surface area contributed by atoms with E-state index in [-0.39, 0.29) is 36.1 Å². The summed E-state index contributed by atoms with van der Waals surface area (Å²) in [6.45, 7) is 1.96. The molecule has 0 aromatic heterocycles. The minimum Gasteiger partial charge on any atom is -0.549 e. The average Bonchev–Trinajstić information content (AvgIpc) is 1.55. The summed E-state index contributed by atoms with van der Waals surface area (Å²) in [4.78, 5) is 11.7. The molecule has 1 aliphatic rings. The second-order valence-electron chi connectivity index (χ2n) is 2.00. The van der Waals surface area contributed by atoms with Gasteiger partial charge in [0.1, 0.15) is 0 Å². The van der Waals surface area contributed by atoms with E-state index in [2.05, 4.69) is 0 Å². The molecule has 0 radical (unpaired) electrons. The van der Waals surface area contributed by atoms with Crippen molar-refractivity contribution in [1.82, 2.24) is 4.90 Å². The summed E-state index contributed by atoms with van der Waals surface area (Å²) >= 11 is 0. The second kappa shape index (κ2) is 4.28. The molecule has 0 aromatic rings. The van der Waals surface area contributed by atoms with Crippen molar-refractivity contribution in [3.63, 3.8) is 0 Å². The van der Waals surface area contributed by atoms with Gasteiger partial charge in [-0.05, 0) is 19.5 Å². The van der Waals surface area contributed by atoms with E-state index in [0.29, 0.717) is 0 Å². The number of likely N-dealkylation sites (tertiary alicyclic amines) is 1. The maximum absolute atomic E-state index is 9.85. The van der Waals surface area contributed by atoms with Crippen LogP contribution in [0.5, 0.6) is 0 Å². The average molecular weight is 137 g/mol. The summed E-state index contributed by atoms with van der Waals surface area (Å²) in [5.41, 5.74) is 0. The van der Waals surface area contributed by atoms with Crippen LogP contribution in [0.25, 0.3) is 0 Å². The summed E-state index contributed by atoms with van der Waals surface area (Å²) in [6, 6.07) is 0. The summed E-state index contributed by atoms with van der Waals surface area (Å²) in [6.07, 6.45) is 1.13. The first kappa shape index (κ1) is 9.43. The normalized spacial score (nSPS) is 17.8. The molecule has 1 saturated heterocycles. The molecular formula is C5H8NNaO2. The van der Waals surface area contributed by atoms with Crippen LogP contribution in [-0.2, 0) is 4.79 Å². The third-order valence-electron chi connectivity index (χ3n) is 1.30. The molecule has 0 unspecified atom stereocenters. The molecule has 0 saturated carbocycles. The van der Waals surface area contributed by atoms with Gasteiger partial charge in [-0.25, -0.2) is 0 Å². The van der Waals surface area contributed by atoms with Crippen molar-refractivity contribution in [2.45, 2.75) is 6.42 Å². The van der Waals surface area contributed by atoms with Gasteiger partial charge in [0.25, 0.3) is 0 Å². The molecule has 0 aliphatic carbocycles. The Balaban J connectivity index is 0.000000640. The molecule has 0 amide bonds.